The van der Waals surface area contributed by atoms with Gasteiger partial charge in [-0.05, 0) is 45.2 Å². The number of hydrogen-bond donors (Lipinski definition) is 2. The highest BCUT2D eigenvalue weighted by molar-refractivity contribution is 5.26. The summed E-state index contributed by atoms with van der Waals surface area (Å²) in [5.74, 6) is 0. The number of rotatable bonds is 4. The third kappa shape index (κ3) is 4.21. The van der Waals surface area contributed by atoms with Crippen LogP contribution in [0.2, 0.25) is 0 Å². The van der Waals surface area contributed by atoms with Gasteiger partial charge in [0.1, 0.15) is 0 Å². The van der Waals surface area contributed by atoms with Crippen LogP contribution in [0.1, 0.15) is 38.3 Å². The standard InChI is InChI=1S/C14H19F3O2/c1-12(2,18)13(3,19)8-7-10-5-4-6-11(9-10)14(15,16)17/h4-6,9,18-19H,7-8H2,1-3H3. The molecule has 0 saturated carbocycles. The predicted octanol–water partition coefficient (Wildman–Crippen LogP) is 3.16. The maximum atomic E-state index is 12.5. The number of benzene rings is 1. The molecule has 0 aromatic heterocycles. The fourth-order valence-corrected chi connectivity index (χ4v) is 1.60. The average Bonchev–Trinajstić information content (AvgIpc) is 2.24. The van der Waals surface area contributed by atoms with E-state index in [1.54, 1.807) is 6.07 Å². The van der Waals surface area contributed by atoms with Gasteiger partial charge in [-0.1, -0.05) is 18.2 Å². The molecule has 2 nitrogen and oxygen atoms in total. The van der Waals surface area contributed by atoms with Gasteiger partial charge in [0.15, 0.2) is 0 Å². The van der Waals surface area contributed by atoms with Crippen molar-refractivity contribution in [2.75, 3.05) is 0 Å². The molecule has 0 radical (unpaired) electrons. The summed E-state index contributed by atoms with van der Waals surface area (Å²) in [6, 6.07) is 5.00. The van der Waals surface area contributed by atoms with Crippen molar-refractivity contribution in [2.45, 2.75) is 51.0 Å². The van der Waals surface area contributed by atoms with E-state index >= 15 is 0 Å². The van der Waals surface area contributed by atoms with Crippen molar-refractivity contribution in [1.82, 2.24) is 0 Å². The molecule has 0 aliphatic carbocycles. The lowest BCUT2D eigenvalue weighted by Gasteiger charge is -2.35. The molecular formula is C14H19F3O2. The Balaban J connectivity index is 2.80. The van der Waals surface area contributed by atoms with Crippen LogP contribution in [0.15, 0.2) is 24.3 Å². The van der Waals surface area contributed by atoms with Gasteiger partial charge in [-0.15, -0.1) is 0 Å². The Morgan fingerprint density at radius 1 is 1.05 bits per heavy atom. The highest BCUT2D eigenvalue weighted by Crippen LogP contribution is 2.31. The Morgan fingerprint density at radius 2 is 1.63 bits per heavy atom. The number of aliphatic hydroxyl groups is 2. The van der Waals surface area contributed by atoms with Gasteiger partial charge in [-0.25, -0.2) is 0 Å². The Labute approximate surface area is 110 Å². The van der Waals surface area contributed by atoms with E-state index in [1.807, 2.05) is 0 Å². The molecule has 0 saturated heterocycles. The molecule has 1 rings (SSSR count). The second kappa shape index (κ2) is 5.13. The van der Waals surface area contributed by atoms with Crippen molar-refractivity contribution in [3.05, 3.63) is 35.4 Å². The van der Waals surface area contributed by atoms with E-state index in [1.165, 1.54) is 26.8 Å². The Hall–Kier alpha value is -1.07. The summed E-state index contributed by atoms with van der Waals surface area (Å²) in [5.41, 5.74) is -2.89. The Kier molecular flexibility index (Phi) is 4.32. The summed E-state index contributed by atoms with van der Waals surface area (Å²) in [6.07, 6.45) is -3.92. The number of hydrogen-bond acceptors (Lipinski definition) is 2. The lowest BCUT2D eigenvalue weighted by molar-refractivity contribution is -0.137. The van der Waals surface area contributed by atoms with E-state index in [0.717, 1.165) is 12.1 Å². The molecule has 0 heterocycles. The summed E-state index contributed by atoms with van der Waals surface area (Å²) in [4.78, 5) is 0. The molecule has 0 fully saturated rings. The van der Waals surface area contributed by atoms with Crippen LogP contribution in [0, 0.1) is 0 Å². The van der Waals surface area contributed by atoms with Gasteiger partial charge in [0.2, 0.25) is 0 Å². The molecule has 0 aliphatic rings. The lowest BCUT2D eigenvalue weighted by Crippen LogP contribution is -2.47. The molecule has 0 aliphatic heterocycles. The van der Waals surface area contributed by atoms with Crippen LogP contribution >= 0.6 is 0 Å². The summed E-state index contributed by atoms with van der Waals surface area (Å²) >= 11 is 0. The maximum absolute atomic E-state index is 12.5. The summed E-state index contributed by atoms with van der Waals surface area (Å²) in [6.45, 7) is 4.42. The molecule has 108 valence electrons. The molecule has 0 spiro atoms. The Morgan fingerprint density at radius 3 is 2.11 bits per heavy atom. The van der Waals surface area contributed by atoms with Gasteiger partial charge in [-0.3, -0.25) is 0 Å². The monoisotopic (exact) mass is 276 g/mol. The molecular weight excluding hydrogens is 257 g/mol. The van der Waals surface area contributed by atoms with Crippen LogP contribution in [0.25, 0.3) is 0 Å². The van der Waals surface area contributed by atoms with Gasteiger partial charge < -0.3 is 10.2 Å². The first kappa shape index (κ1) is 16.0. The quantitative estimate of drug-likeness (QED) is 0.887. The van der Waals surface area contributed by atoms with Crippen LogP contribution in [0.5, 0.6) is 0 Å². The van der Waals surface area contributed by atoms with Gasteiger partial charge in [0, 0.05) is 0 Å². The molecule has 5 heteroatoms. The van der Waals surface area contributed by atoms with Gasteiger partial charge in [0.25, 0.3) is 0 Å². The molecule has 0 amide bonds. The SMILES string of the molecule is CC(C)(O)C(C)(O)CCc1cccc(C(F)(F)F)c1. The van der Waals surface area contributed by atoms with E-state index in [4.69, 9.17) is 0 Å². The summed E-state index contributed by atoms with van der Waals surface area (Å²) in [5, 5.41) is 19.8. The van der Waals surface area contributed by atoms with Crippen molar-refractivity contribution in [1.29, 1.82) is 0 Å². The van der Waals surface area contributed by atoms with Crippen molar-refractivity contribution in [3.63, 3.8) is 0 Å². The highest BCUT2D eigenvalue weighted by atomic mass is 19.4. The fourth-order valence-electron chi connectivity index (χ4n) is 1.60. The predicted molar refractivity (Wildman–Crippen MR) is 66.7 cm³/mol. The third-order valence-electron chi connectivity index (χ3n) is 3.47. The Bertz CT molecular complexity index is 431. The molecule has 1 atom stereocenters. The molecule has 1 aromatic rings. The van der Waals surface area contributed by atoms with E-state index in [2.05, 4.69) is 0 Å². The fraction of sp³-hybridized carbons (Fsp3) is 0.571. The molecule has 2 N–H and O–H groups in total. The molecule has 0 bridgehead atoms. The van der Waals surface area contributed by atoms with E-state index in [9.17, 15) is 23.4 Å². The second-order valence-electron chi connectivity index (χ2n) is 5.53. The van der Waals surface area contributed by atoms with Gasteiger partial charge >= 0.3 is 6.18 Å². The van der Waals surface area contributed by atoms with Crippen LogP contribution in [0.3, 0.4) is 0 Å². The smallest absolute Gasteiger partial charge is 0.387 e. The van der Waals surface area contributed by atoms with Crippen LogP contribution in [0.4, 0.5) is 13.2 Å². The first-order chi connectivity index (χ1) is 8.43. The normalized spacial score (nSPS) is 16.2. The highest BCUT2D eigenvalue weighted by Gasteiger charge is 2.37. The largest absolute Gasteiger partial charge is 0.416 e. The lowest BCUT2D eigenvalue weighted by atomic mass is 9.83. The topological polar surface area (TPSA) is 40.5 Å². The number of aryl methyl sites for hydroxylation is 1. The van der Waals surface area contributed by atoms with Gasteiger partial charge in [-0.2, -0.15) is 13.2 Å². The zero-order valence-electron chi connectivity index (χ0n) is 11.3. The minimum Gasteiger partial charge on any atom is -0.387 e. The van der Waals surface area contributed by atoms with Crippen molar-refractivity contribution >= 4 is 0 Å². The van der Waals surface area contributed by atoms with Crippen LogP contribution in [-0.4, -0.2) is 21.4 Å². The zero-order chi connectivity index (χ0) is 14.9. The minimum absolute atomic E-state index is 0.178. The first-order valence-corrected chi connectivity index (χ1v) is 6.04. The maximum Gasteiger partial charge on any atom is 0.416 e. The molecule has 1 aromatic carbocycles. The van der Waals surface area contributed by atoms with Crippen LogP contribution in [-0.2, 0) is 12.6 Å². The van der Waals surface area contributed by atoms with E-state index < -0.39 is 22.9 Å². The zero-order valence-corrected chi connectivity index (χ0v) is 11.3. The van der Waals surface area contributed by atoms with Crippen molar-refractivity contribution in [2.24, 2.45) is 0 Å². The summed E-state index contributed by atoms with van der Waals surface area (Å²) in [7, 11) is 0. The number of halogens is 3. The van der Waals surface area contributed by atoms with E-state index in [0.29, 0.717) is 5.56 Å². The van der Waals surface area contributed by atoms with Crippen molar-refractivity contribution < 1.29 is 23.4 Å². The van der Waals surface area contributed by atoms with Crippen LogP contribution < -0.4 is 0 Å². The molecule has 19 heavy (non-hydrogen) atoms. The van der Waals surface area contributed by atoms with Crippen molar-refractivity contribution in [3.8, 4) is 0 Å². The second-order valence-corrected chi connectivity index (χ2v) is 5.53. The third-order valence-corrected chi connectivity index (χ3v) is 3.47. The summed E-state index contributed by atoms with van der Waals surface area (Å²) < 4.78 is 37.6. The number of alkyl halides is 3. The average molecular weight is 276 g/mol. The van der Waals surface area contributed by atoms with Gasteiger partial charge in [0.05, 0.1) is 16.8 Å². The first-order valence-electron chi connectivity index (χ1n) is 6.04. The molecule has 1 unspecified atom stereocenters. The van der Waals surface area contributed by atoms with E-state index in [-0.39, 0.29) is 12.8 Å². The minimum atomic E-state index is -4.37.